The van der Waals surface area contributed by atoms with Gasteiger partial charge < -0.3 is 9.47 Å². The summed E-state index contributed by atoms with van der Waals surface area (Å²) in [7, 11) is 1.58. The number of hydrogen-bond acceptors (Lipinski definition) is 5. The average molecular weight is 281 g/mol. The maximum atomic E-state index is 11.8. The molecule has 0 spiro atoms. The Bertz CT molecular complexity index is 443. The monoisotopic (exact) mass is 281 g/mol. The highest BCUT2D eigenvalue weighted by atomic mass is 16.6. The smallest absolute Gasteiger partial charge is 0.309 e. The molecule has 1 rings (SSSR count). The fraction of sp³-hybridized carbons (Fsp3) is 0.500. The van der Waals surface area contributed by atoms with Crippen molar-refractivity contribution < 1.29 is 19.2 Å². The lowest BCUT2D eigenvalue weighted by molar-refractivity contribution is -0.481. The van der Waals surface area contributed by atoms with E-state index in [1.807, 2.05) is 12.1 Å². The minimum absolute atomic E-state index is 0.178. The first-order chi connectivity index (χ1) is 9.56. The molecule has 0 saturated carbocycles. The van der Waals surface area contributed by atoms with Crippen LogP contribution >= 0.6 is 0 Å². The number of hydrogen-bond donors (Lipinski definition) is 0. The van der Waals surface area contributed by atoms with E-state index in [2.05, 4.69) is 0 Å². The Balaban J connectivity index is 2.70. The third-order valence-electron chi connectivity index (χ3n) is 2.92. The summed E-state index contributed by atoms with van der Waals surface area (Å²) in [4.78, 5) is 21.9. The van der Waals surface area contributed by atoms with Crippen molar-refractivity contribution >= 4 is 5.97 Å². The van der Waals surface area contributed by atoms with Crippen molar-refractivity contribution in [3.05, 3.63) is 39.9 Å². The highest BCUT2D eigenvalue weighted by Gasteiger charge is 2.22. The van der Waals surface area contributed by atoms with Gasteiger partial charge >= 0.3 is 5.97 Å². The first kappa shape index (κ1) is 15.9. The predicted molar refractivity (Wildman–Crippen MR) is 73.3 cm³/mol. The van der Waals surface area contributed by atoms with E-state index < -0.39 is 10.8 Å². The van der Waals surface area contributed by atoms with Crippen LogP contribution in [-0.4, -0.2) is 31.2 Å². The highest BCUT2D eigenvalue weighted by Crippen LogP contribution is 2.17. The molecule has 0 amide bonds. The fourth-order valence-electron chi connectivity index (χ4n) is 1.87. The van der Waals surface area contributed by atoms with Gasteiger partial charge in [0.15, 0.2) is 0 Å². The van der Waals surface area contributed by atoms with Crippen molar-refractivity contribution in [2.45, 2.75) is 19.8 Å². The number of rotatable bonds is 8. The quantitative estimate of drug-likeness (QED) is 0.414. The zero-order valence-corrected chi connectivity index (χ0v) is 11.7. The number of nitrogens with zero attached hydrogens (tertiary/aromatic N) is 1. The molecule has 1 unspecified atom stereocenters. The lowest BCUT2D eigenvalue weighted by Gasteiger charge is -2.14. The number of nitro groups is 1. The second-order valence-electron chi connectivity index (χ2n) is 4.35. The standard InChI is InChI=1S/C14H19NO5/c1-3-20-14(16)12(8-9-15(17)18)10-11-4-6-13(19-2)7-5-11/h4-7,12H,3,8-10H2,1-2H3. The van der Waals surface area contributed by atoms with Crippen LogP contribution in [0.3, 0.4) is 0 Å². The van der Waals surface area contributed by atoms with Crippen LogP contribution in [0.2, 0.25) is 0 Å². The van der Waals surface area contributed by atoms with Crippen molar-refractivity contribution in [2.24, 2.45) is 5.92 Å². The zero-order chi connectivity index (χ0) is 15.0. The molecule has 0 fully saturated rings. The zero-order valence-electron chi connectivity index (χ0n) is 11.7. The number of carbonyl (C=O) groups excluding carboxylic acids is 1. The molecule has 1 atom stereocenters. The molecule has 0 aliphatic heterocycles. The van der Waals surface area contributed by atoms with Gasteiger partial charge in [0.2, 0.25) is 6.54 Å². The SMILES string of the molecule is CCOC(=O)C(CC[N+](=O)[O-])Cc1ccc(OC)cc1. The molecule has 0 aliphatic rings. The molecule has 0 N–H and O–H groups in total. The van der Waals surface area contributed by atoms with Gasteiger partial charge in [-0.15, -0.1) is 0 Å². The summed E-state index contributed by atoms with van der Waals surface area (Å²) in [6.45, 7) is 1.76. The van der Waals surface area contributed by atoms with Crippen LogP contribution in [0.4, 0.5) is 0 Å². The summed E-state index contributed by atoms with van der Waals surface area (Å²) >= 11 is 0. The van der Waals surface area contributed by atoms with Gasteiger partial charge in [0, 0.05) is 11.3 Å². The van der Waals surface area contributed by atoms with E-state index >= 15 is 0 Å². The van der Waals surface area contributed by atoms with E-state index in [0.29, 0.717) is 6.42 Å². The third-order valence-corrected chi connectivity index (χ3v) is 2.92. The van der Waals surface area contributed by atoms with E-state index in [0.717, 1.165) is 11.3 Å². The van der Waals surface area contributed by atoms with E-state index in [1.165, 1.54) is 0 Å². The first-order valence-electron chi connectivity index (χ1n) is 6.48. The summed E-state index contributed by atoms with van der Waals surface area (Å²) in [5, 5.41) is 10.5. The molecule has 6 heteroatoms. The predicted octanol–water partition coefficient (Wildman–Crippen LogP) is 2.08. The van der Waals surface area contributed by atoms with E-state index in [1.54, 1.807) is 26.2 Å². The van der Waals surface area contributed by atoms with Crippen molar-refractivity contribution in [1.29, 1.82) is 0 Å². The number of methoxy groups -OCH3 is 1. The van der Waals surface area contributed by atoms with Crippen LogP contribution in [0.1, 0.15) is 18.9 Å². The molecule has 0 heterocycles. The second kappa shape index (κ2) is 8.14. The van der Waals surface area contributed by atoms with Gasteiger partial charge in [-0.3, -0.25) is 14.9 Å². The fourth-order valence-corrected chi connectivity index (χ4v) is 1.87. The Labute approximate surface area is 117 Å². The van der Waals surface area contributed by atoms with E-state index in [-0.39, 0.29) is 25.5 Å². The molecule has 0 aliphatic carbocycles. The molecular weight excluding hydrogens is 262 g/mol. The second-order valence-corrected chi connectivity index (χ2v) is 4.35. The van der Waals surface area contributed by atoms with Gasteiger partial charge in [0.1, 0.15) is 5.75 Å². The third kappa shape index (κ3) is 5.26. The minimum Gasteiger partial charge on any atom is -0.497 e. The van der Waals surface area contributed by atoms with Crippen LogP contribution < -0.4 is 4.74 Å². The maximum absolute atomic E-state index is 11.8. The molecule has 0 saturated heterocycles. The van der Waals surface area contributed by atoms with Crippen LogP contribution in [0, 0.1) is 16.0 Å². The number of esters is 1. The number of ether oxygens (including phenoxy) is 2. The van der Waals surface area contributed by atoms with Crippen LogP contribution in [0.5, 0.6) is 5.75 Å². The number of carbonyl (C=O) groups is 1. The van der Waals surface area contributed by atoms with Crippen LogP contribution in [0.25, 0.3) is 0 Å². The lowest BCUT2D eigenvalue weighted by Crippen LogP contribution is -2.23. The molecule has 0 radical (unpaired) electrons. The summed E-state index contributed by atoms with van der Waals surface area (Å²) in [5.41, 5.74) is 0.923. The Morgan fingerprint density at radius 2 is 2.00 bits per heavy atom. The number of benzene rings is 1. The molecule has 0 aromatic heterocycles. The summed E-state index contributed by atoms with van der Waals surface area (Å²) in [6.07, 6.45) is 0.606. The molecule has 1 aromatic carbocycles. The molecule has 20 heavy (non-hydrogen) atoms. The van der Waals surface area contributed by atoms with E-state index in [9.17, 15) is 14.9 Å². The Morgan fingerprint density at radius 3 is 2.50 bits per heavy atom. The Morgan fingerprint density at radius 1 is 1.35 bits per heavy atom. The van der Waals surface area contributed by atoms with E-state index in [4.69, 9.17) is 9.47 Å². The van der Waals surface area contributed by atoms with Crippen molar-refractivity contribution in [1.82, 2.24) is 0 Å². The minimum atomic E-state index is -0.492. The van der Waals surface area contributed by atoms with Gasteiger partial charge in [0.05, 0.1) is 19.6 Å². The van der Waals surface area contributed by atoms with Gasteiger partial charge in [-0.2, -0.15) is 0 Å². The van der Waals surface area contributed by atoms with Gasteiger partial charge in [0.25, 0.3) is 0 Å². The summed E-state index contributed by atoms with van der Waals surface area (Å²) < 4.78 is 10.0. The summed E-state index contributed by atoms with van der Waals surface area (Å²) in [6, 6.07) is 7.28. The molecular formula is C14H19NO5. The van der Waals surface area contributed by atoms with Crippen LogP contribution in [-0.2, 0) is 16.0 Å². The maximum Gasteiger partial charge on any atom is 0.309 e. The molecule has 110 valence electrons. The largest absolute Gasteiger partial charge is 0.497 e. The van der Waals surface area contributed by atoms with Crippen molar-refractivity contribution in [3.63, 3.8) is 0 Å². The normalized spacial score (nSPS) is 11.7. The Hall–Kier alpha value is -2.11. The molecule has 6 nitrogen and oxygen atoms in total. The first-order valence-corrected chi connectivity index (χ1v) is 6.48. The van der Waals surface area contributed by atoms with Crippen molar-refractivity contribution in [2.75, 3.05) is 20.3 Å². The average Bonchev–Trinajstić information content (AvgIpc) is 2.44. The summed E-state index contributed by atoms with van der Waals surface area (Å²) in [5.74, 6) is -0.148. The molecule has 0 bridgehead atoms. The topological polar surface area (TPSA) is 78.7 Å². The van der Waals surface area contributed by atoms with Crippen molar-refractivity contribution in [3.8, 4) is 5.75 Å². The van der Waals surface area contributed by atoms with Gasteiger partial charge in [-0.25, -0.2) is 0 Å². The molecule has 1 aromatic rings. The van der Waals surface area contributed by atoms with Gasteiger partial charge in [-0.05, 0) is 31.0 Å². The lowest BCUT2D eigenvalue weighted by atomic mass is 9.96. The highest BCUT2D eigenvalue weighted by molar-refractivity contribution is 5.72. The Kier molecular flexibility index (Phi) is 6.49. The van der Waals surface area contributed by atoms with Crippen LogP contribution in [0.15, 0.2) is 24.3 Å². The van der Waals surface area contributed by atoms with Gasteiger partial charge in [-0.1, -0.05) is 12.1 Å².